The Hall–Kier alpha value is -1.20. The van der Waals surface area contributed by atoms with Crippen LogP contribution in [0.5, 0.6) is 0 Å². The average Bonchev–Trinajstić information content (AvgIpc) is 2.89. The fraction of sp³-hybridized carbons (Fsp3) is 0.636. The lowest BCUT2D eigenvalue weighted by molar-refractivity contribution is 0.0999. The molecular weight excluding hydrogens is 204 g/mol. The van der Waals surface area contributed by atoms with E-state index in [1.54, 1.807) is 0 Å². The van der Waals surface area contributed by atoms with Gasteiger partial charge in [0, 0.05) is 17.7 Å². The van der Waals surface area contributed by atoms with Crippen LogP contribution in [0.2, 0.25) is 0 Å². The molecule has 0 spiro atoms. The number of nitrogens with two attached hydrogens (primary N) is 1. The Bertz CT molecular complexity index is 409. The van der Waals surface area contributed by atoms with Crippen molar-refractivity contribution in [3.63, 3.8) is 0 Å². The summed E-state index contributed by atoms with van der Waals surface area (Å²) >= 11 is 0. The largest absolute Gasteiger partial charge is 0.374 e. The zero-order valence-electron chi connectivity index (χ0n) is 9.31. The molecule has 5 heteroatoms. The van der Waals surface area contributed by atoms with Crippen molar-refractivity contribution in [3.05, 3.63) is 17.6 Å². The highest BCUT2D eigenvalue weighted by atomic mass is 16.5. The van der Waals surface area contributed by atoms with E-state index in [1.807, 2.05) is 13.0 Å². The van der Waals surface area contributed by atoms with Crippen molar-refractivity contribution in [2.45, 2.75) is 44.3 Å². The first-order chi connectivity index (χ1) is 7.76. The van der Waals surface area contributed by atoms with Crippen LogP contribution in [0.3, 0.4) is 0 Å². The van der Waals surface area contributed by atoms with Crippen molar-refractivity contribution in [2.75, 3.05) is 5.43 Å². The molecule has 2 fully saturated rings. The molecule has 1 aromatic heterocycles. The van der Waals surface area contributed by atoms with E-state index < -0.39 is 0 Å². The van der Waals surface area contributed by atoms with Crippen molar-refractivity contribution >= 4 is 5.82 Å². The molecular formula is C11H16N4O. The summed E-state index contributed by atoms with van der Waals surface area (Å²) in [4.78, 5) is 8.92. The van der Waals surface area contributed by atoms with Gasteiger partial charge < -0.3 is 10.2 Å². The fourth-order valence-electron chi connectivity index (χ4n) is 2.74. The minimum Gasteiger partial charge on any atom is -0.374 e. The van der Waals surface area contributed by atoms with E-state index in [0.29, 0.717) is 23.9 Å². The molecule has 0 amide bonds. The quantitative estimate of drug-likeness (QED) is 0.577. The summed E-state index contributed by atoms with van der Waals surface area (Å²) in [5, 5.41) is 0. The Labute approximate surface area is 94.4 Å². The van der Waals surface area contributed by atoms with Crippen LogP contribution < -0.4 is 11.3 Å². The van der Waals surface area contributed by atoms with E-state index in [0.717, 1.165) is 24.4 Å². The van der Waals surface area contributed by atoms with Gasteiger partial charge in [-0.05, 0) is 26.2 Å². The molecule has 1 aromatic rings. The predicted molar refractivity (Wildman–Crippen MR) is 59.8 cm³/mol. The van der Waals surface area contributed by atoms with Crippen LogP contribution in [0.15, 0.2) is 6.07 Å². The van der Waals surface area contributed by atoms with E-state index in [9.17, 15) is 0 Å². The number of hydrazine groups is 1. The zero-order chi connectivity index (χ0) is 11.1. The Balaban J connectivity index is 1.91. The van der Waals surface area contributed by atoms with Gasteiger partial charge in [0.2, 0.25) is 0 Å². The first-order valence-corrected chi connectivity index (χ1v) is 5.74. The van der Waals surface area contributed by atoms with Crippen LogP contribution in [0.25, 0.3) is 0 Å². The molecule has 3 heterocycles. The SMILES string of the molecule is Cc1cc(NN)nc(C2CC3CCC2O3)n1. The van der Waals surface area contributed by atoms with E-state index in [4.69, 9.17) is 10.6 Å². The predicted octanol–water partition coefficient (Wildman–Crippen LogP) is 1.11. The number of ether oxygens (including phenoxy) is 1. The monoisotopic (exact) mass is 220 g/mol. The fourth-order valence-corrected chi connectivity index (χ4v) is 2.74. The van der Waals surface area contributed by atoms with Crippen molar-refractivity contribution < 1.29 is 4.74 Å². The topological polar surface area (TPSA) is 73.1 Å². The summed E-state index contributed by atoms with van der Waals surface area (Å²) in [7, 11) is 0. The van der Waals surface area contributed by atoms with Gasteiger partial charge in [-0.25, -0.2) is 15.8 Å². The number of nitrogen functional groups attached to an aromatic ring is 1. The lowest BCUT2D eigenvalue weighted by atomic mass is 9.88. The normalized spacial score (nSPS) is 32.0. The molecule has 3 rings (SSSR count). The number of hydrogen-bond donors (Lipinski definition) is 2. The molecule has 2 bridgehead atoms. The number of nitrogens with zero attached hydrogens (tertiary/aromatic N) is 2. The highest BCUT2D eigenvalue weighted by Gasteiger charge is 2.42. The van der Waals surface area contributed by atoms with Crippen molar-refractivity contribution in [1.82, 2.24) is 9.97 Å². The molecule has 0 radical (unpaired) electrons. The second kappa shape index (κ2) is 3.68. The number of nitrogens with one attached hydrogen (secondary N) is 1. The third-order valence-corrected chi connectivity index (χ3v) is 3.46. The smallest absolute Gasteiger partial charge is 0.143 e. The number of rotatable bonds is 2. The molecule has 2 aliphatic rings. The Morgan fingerprint density at radius 3 is 2.94 bits per heavy atom. The first-order valence-electron chi connectivity index (χ1n) is 5.74. The van der Waals surface area contributed by atoms with Crippen LogP contribution in [-0.2, 0) is 4.74 Å². The molecule has 5 nitrogen and oxygen atoms in total. The van der Waals surface area contributed by atoms with Crippen molar-refractivity contribution in [1.29, 1.82) is 0 Å². The zero-order valence-corrected chi connectivity index (χ0v) is 9.31. The van der Waals surface area contributed by atoms with E-state index in [2.05, 4.69) is 15.4 Å². The average molecular weight is 220 g/mol. The summed E-state index contributed by atoms with van der Waals surface area (Å²) in [6.07, 6.45) is 4.12. The number of aryl methyl sites for hydroxylation is 1. The maximum Gasteiger partial charge on any atom is 0.143 e. The van der Waals surface area contributed by atoms with Crippen LogP contribution in [0.1, 0.15) is 36.7 Å². The van der Waals surface area contributed by atoms with Gasteiger partial charge in [0.1, 0.15) is 11.6 Å². The van der Waals surface area contributed by atoms with Gasteiger partial charge in [-0.15, -0.1) is 0 Å². The highest BCUT2D eigenvalue weighted by molar-refractivity contribution is 5.35. The molecule has 0 saturated carbocycles. The van der Waals surface area contributed by atoms with Crippen molar-refractivity contribution in [3.8, 4) is 0 Å². The standard InChI is InChI=1S/C11H16N4O/c1-6-4-10(15-12)14-11(13-6)8-5-7-2-3-9(8)16-7/h4,7-9H,2-3,5,12H2,1H3,(H,13,14,15). The van der Waals surface area contributed by atoms with Gasteiger partial charge in [0.25, 0.3) is 0 Å². The first kappa shape index (κ1) is 9.99. The summed E-state index contributed by atoms with van der Waals surface area (Å²) in [6, 6.07) is 1.84. The van der Waals surface area contributed by atoms with Crippen molar-refractivity contribution in [2.24, 2.45) is 5.84 Å². The van der Waals surface area contributed by atoms with Gasteiger partial charge in [0.05, 0.1) is 12.2 Å². The summed E-state index contributed by atoms with van der Waals surface area (Å²) in [5.41, 5.74) is 3.53. The Morgan fingerprint density at radius 1 is 1.44 bits per heavy atom. The maximum absolute atomic E-state index is 5.82. The molecule has 2 saturated heterocycles. The number of hydrogen-bond acceptors (Lipinski definition) is 5. The number of fused-ring (bicyclic) bond motifs is 2. The van der Waals surface area contributed by atoms with Gasteiger partial charge in [-0.1, -0.05) is 0 Å². The summed E-state index contributed by atoms with van der Waals surface area (Å²) < 4.78 is 5.82. The molecule has 2 aliphatic heterocycles. The maximum atomic E-state index is 5.82. The van der Waals surface area contributed by atoms with Gasteiger partial charge in [-0.2, -0.15) is 0 Å². The van der Waals surface area contributed by atoms with Crippen LogP contribution in [0, 0.1) is 6.92 Å². The minimum atomic E-state index is 0.317. The molecule has 86 valence electrons. The molecule has 0 aromatic carbocycles. The van der Waals surface area contributed by atoms with Gasteiger partial charge in [0.15, 0.2) is 0 Å². The van der Waals surface area contributed by atoms with Gasteiger partial charge in [-0.3, -0.25) is 0 Å². The summed E-state index contributed by atoms with van der Waals surface area (Å²) in [6.45, 7) is 1.96. The van der Waals surface area contributed by atoms with Crippen LogP contribution in [0.4, 0.5) is 5.82 Å². The Morgan fingerprint density at radius 2 is 2.31 bits per heavy atom. The third-order valence-electron chi connectivity index (χ3n) is 3.46. The number of aromatic nitrogens is 2. The van der Waals surface area contributed by atoms with E-state index in [1.165, 1.54) is 6.42 Å². The minimum absolute atomic E-state index is 0.317. The second-order valence-electron chi connectivity index (χ2n) is 4.61. The molecule has 16 heavy (non-hydrogen) atoms. The van der Waals surface area contributed by atoms with Gasteiger partial charge >= 0.3 is 0 Å². The van der Waals surface area contributed by atoms with E-state index in [-0.39, 0.29) is 0 Å². The van der Waals surface area contributed by atoms with E-state index >= 15 is 0 Å². The number of anilines is 1. The molecule has 3 atom stereocenters. The second-order valence-corrected chi connectivity index (χ2v) is 4.61. The summed E-state index contributed by atoms with van der Waals surface area (Å²) in [5.74, 6) is 7.30. The van der Waals surface area contributed by atoms with Crippen LogP contribution in [-0.4, -0.2) is 22.2 Å². The highest BCUT2D eigenvalue weighted by Crippen LogP contribution is 2.43. The lowest BCUT2D eigenvalue weighted by Crippen LogP contribution is -2.19. The van der Waals surface area contributed by atoms with Crippen LogP contribution >= 0.6 is 0 Å². The molecule has 0 aliphatic carbocycles. The lowest BCUT2D eigenvalue weighted by Gasteiger charge is -2.17. The molecule has 3 unspecified atom stereocenters. The third kappa shape index (κ3) is 1.56. The Kier molecular flexibility index (Phi) is 2.29. The molecule has 3 N–H and O–H groups in total.